The van der Waals surface area contributed by atoms with E-state index in [1.54, 1.807) is 12.1 Å². The lowest BCUT2D eigenvalue weighted by atomic mass is 10.2. The number of carbonyl (C=O) groups is 1. The van der Waals surface area contributed by atoms with Gasteiger partial charge in [-0.05, 0) is 56.1 Å². The van der Waals surface area contributed by atoms with Crippen LogP contribution in [0, 0.1) is 5.82 Å². The number of amides is 1. The third-order valence-electron chi connectivity index (χ3n) is 2.50. The van der Waals surface area contributed by atoms with Gasteiger partial charge in [0.25, 0.3) is 5.91 Å². The van der Waals surface area contributed by atoms with Crippen molar-refractivity contribution >= 4 is 60.7 Å². The lowest BCUT2D eigenvalue weighted by molar-refractivity contribution is 0.102. The number of carbonyl (C=O) groups excluding carboxylic acids is 1. The zero-order valence-corrected chi connectivity index (χ0v) is 13.8. The Morgan fingerprint density at radius 3 is 2.45 bits per heavy atom. The maximum absolute atomic E-state index is 13.8. The highest BCUT2D eigenvalue weighted by Gasteiger charge is 2.16. The molecule has 0 atom stereocenters. The molecule has 104 valence electrons. The molecule has 0 saturated heterocycles. The van der Waals surface area contributed by atoms with Crippen LogP contribution >= 0.6 is 43.5 Å². The molecule has 0 bridgehead atoms. The maximum atomic E-state index is 13.8. The molecule has 2 rings (SSSR count). The summed E-state index contributed by atoms with van der Waals surface area (Å²) in [5.41, 5.74) is 6.52. The van der Waals surface area contributed by atoms with Gasteiger partial charge in [0.05, 0.1) is 16.3 Å². The Morgan fingerprint density at radius 1 is 1.25 bits per heavy atom. The van der Waals surface area contributed by atoms with E-state index in [9.17, 15) is 9.18 Å². The number of anilines is 2. The largest absolute Gasteiger partial charge is 0.399 e. The zero-order valence-electron chi connectivity index (χ0n) is 9.88. The van der Waals surface area contributed by atoms with Gasteiger partial charge in [-0.1, -0.05) is 17.7 Å². The van der Waals surface area contributed by atoms with E-state index in [0.717, 1.165) is 0 Å². The molecule has 0 aliphatic carbocycles. The summed E-state index contributed by atoms with van der Waals surface area (Å²) in [4.78, 5) is 12.1. The molecule has 3 N–H and O–H groups in total. The number of benzene rings is 2. The molecule has 2 aromatic rings. The predicted octanol–water partition coefficient (Wildman–Crippen LogP) is 4.84. The van der Waals surface area contributed by atoms with Gasteiger partial charge in [-0.25, -0.2) is 4.39 Å². The van der Waals surface area contributed by atoms with E-state index in [-0.39, 0.29) is 10.6 Å². The summed E-state index contributed by atoms with van der Waals surface area (Å²) < 4.78 is 15.0. The fourth-order valence-electron chi connectivity index (χ4n) is 1.57. The average molecular weight is 422 g/mol. The first kappa shape index (κ1) is 15.3. The van der Waals surface area contributed by atoms with Gasteiger partial charge in [0.2, 0.25) is 0 Å². The molecule has 0 aliphatic rings. The molecular weight excluding hydrogens is 414 g/mol. The molecule has 0 saturated carbocycles. The fourth-order valence-corrected chi connectivity index (χ4v) is 3.17. The van der Waals surface area contributed by atoms with E-state index in [2.05, 4.69) is 37.2 Å². The summed E-state index contributed by atoms with van der Waals surface area (Å²) in [6.07, 6.45) is 0. The molecule has 0 unspecified atom stereocenters. The Kier molecular flexibility index (Phi) is 4.67. The van der Waals surface area contributed by atoms with Crippen LogP contribution in [0.1, 0.15) is 10.4 Å². The van der Waals surface area contributed by atoms with Crippen LogP contribution in [0.5, 0.6) is 0 Å². The van der Waals surface area contributed by atoms with Crippen molar-refractivity contribution < 1.29 is 9.18 Å². The minimum absolute atomic E-state index is 0.104. The molecule has 0 radical (unpaired) electrons. The molecule has 0 aliphatic heterocycles. The highest BCUT2D eigenvalue weighted by molar-refractivity contribution is 9.11. The average Bonchev–Trinajstić information content (AvgIpc) is 2.36. The summed E-state index contributed by atoms with van der Waals surface area (Å²) >= 11 is 12.2. The van der Waals surface area contributed by atoms with Gasteiger partial charge in [-0.3, -0.25) is 4.79 Å². The second-order valence-corrected chi connectivity index (χ2v) is 6.03. The van der Waals surface area contributed by atoms with Crippen LogP contribution in [-0.2, 0) is 0 Å². The maximum Gasteiger partial charge on any atom is 0.258 e. The molecular formula is C13H8Br2ClFN2O. The van der Waals surface area contributed by atoms with E-state index in [1.165, 1.54) is 18.2 Å². The van der Waals surface area contributed by atoms with Crippen molar-refractivity contribution in [1.82, 2.24) is 0 Å². The second kappa shape index (κ2) is 6.11. The van der Waals surface area contributed by atoms with Crippen LogP contribution in [0.2, 0.25) is 5.02 Å². The van der Waals surface area contributed by atoms with Gasteiger partial charge in [-0.2, -0.15) is 0 Å². The van der Waals surface area contributed by atoms with Gasteiger partial charge in [0.15, 0.2) is 5.82 Å². The number of halogens is 4. The van der Waals surface area contributed by atoms with Crippen LogP contribution in [0.15, 0.2) is 39.3 Å². The number of nitrogen functional groups attached to an aromatic ring is 1. The van der Waals surface area contributed by atoms with E-state index in [0.29, 0.717) is 20.3 Å². The molecule has 0 spiro atoms. The highest BCUT2D eigenvalue weighted by atomic mass is 79.9. The van der Waals surface area contributed by atoms with Crippen molar-refractivity contribution in [3.05, 3.63) is 55.7 Å². The number of hydrogen-bond donors (Lipinski definition) is 2. The van der Waals surface area contributed by atoms with Crippen molar-refractivity contribution in [3.63, 3.8) is 0 Å². The molecule has 0 heterocycles. The lowest BCUT2D eigenvalue weighted by Crippen LogP contribution is -2.14. The molecule has 20 heavy (non-hydrogen) atoms. The molecule has 3 nitrogen and oxygen atoms in total. The Morgan fingerprint density at radius 2 is 1.85 bits per heavy atom. The van der Waals surface area contributed by atoms with E-state index >= 15 is 0 Å². The number of hydrogen-bond acceptors (Lipinski definition) is 2. The minimum Gasteiger partial charge on any atom is -0.399 e. The van der Waals surface area contributed by atoms with Crippen molar-refractivity contribution in [1.29, 1.82) is 0 Å². The predicted molar refractivity (Wildman–Crippen MR) is 85.6 cm³/mol. The third-order valence-corrected chi connectivity index (χ3v) is 4.04. The third kappa shape index (κ3) is 3.13. The normalized spacial score (nSPS) is 10.4. The van der Waals surface area contributed by atoms with Gasteiger partial charge < -0.3 is 11.1 Å². The Bertz CT molecular complexity index is 671. The van der Waals surface area contributed by atoms with Crippen LogP contribution < -0.4 is 11.1 Å². The van der Waals surface area contributed by atoms with Crippen molar-refractivity contribution in [2.24, 2.45) is 0 Å². The van der Waals surface area contributed by atoms with Gasteiger partial charge in [0.1, 0.15) is 0 Å². The van der Waals surface area contributed by atoms with Crippen molar-refractivity contribution in [2.75, 3.05) is 11.1 Å². The lowest BCUT2D eigenvalue weighted by Gasteiger charge is -2.11. The van der Waals surface area contributed by atoms with E-state index in [1.807, 2.05) is 0 Å². The first-order chi connectivity index (χ1) is 9.40. The van der Waals surface area contributed by atoms with Gasteiger partial charge in [0, 0.05) is 14.6 Å². The SMILES string of the molecule is Nc1cc(Br)c(NC(=O)c2cccc(Cl)c2F)c(Br)c1. The second-order valence-electron chi connectivity index (χ2n) is 3.92. The van der Waals surface area contributed by atoms with E-state index < -0.39 is 11.7 Å². The minimum atomic E-state index is -0.755. The summed E-state index contributed by atoms with van der Waals surface area (Å²) in [5, 5.41) is 2.50. The summed E-state index contributed by atoms with van der Waals surface area (Å²) in [5.74, 6) is -1.36. The summed E-state index contributed by atoms with van der Waals surface area (Å²) in [6.45, 7) is 0. The summed E-state index contributed by atoms with van der Waals surface area (Å²) in [7, 11) is 0. The quantitative estimate of drug-likeness (QED) is 0.681. The van der Waals surface area contributed by atoms with Gasteiger partial charge in [-0.15, -0.1) is 0 Å². The first-order valence-electron chi connectivity index (χ1n) is 5.40. The van der Waals surface area contributed by atoms with Crippen LogP contribution in [-0.4, -0.2) is 5.91 Å². The zero-order chi connectivity index (χ0) is 14.9. The standard InChI is InChI=1S/C13H8Br2ClFN2O/c14-8-4-6(18)5-9(15)12(8)19-13(20)7-2-1-3-10(16)11(7)17/h1-5H,18H2,(H,19,20). The summed E-state index contributed by atoms with van der Waals surface area (Å²) in [6, 6.07) is 7.51. The fraction of sp³-hybridized carbons (Fsp3) is 0. The number of nitrogens with two attached hydrogens (primary N) is 1. The van der Waals surface area contributed by atoms with Crippen LogP contribution in [0.4, 0.5) is 15.8 Å². The molecule has 0 aromatic heterocycles. The molecule has 7 heteroatoms. The van der Waals surface area contributed by atoms with Gasteiger partial charge >= 0.3 is 0 Å². The topological polar surface area (TPSA) is 55.1 Å². The Hall–Kier alpha value is -1.11. The smallest absolute Gasteiger partial charge is 0.258 e. The Balaban J connectivity index is 2.36. The number of rotatable bonds is 2. The van der Waals surface area contributed by atoms with Crippen molar-refractivity contribution in [3.8, 4) is 0 Å². The molecule has 2 aromatic carbocycles. The highest BCUT2D eigenvalue weighted by Crippen LogP contribution is 2.34. The first-order valence-corrected chi connectivity index (χ1v) is 7.36. The van der Waals surface area contributed by atoms with Crippen molar-refractivity contribution in [2.45, 2.75) is 0 Å². The van der Waals surface area contributed by atoms with Crippen LogP contribution in [0.25, 0.3) is 0 Å². The number of nitrogens with one attached hydrogen (secondary N) is 1. The molecule has 0 fully saturated rings. The van der Waals surface area contributed by atoms with E-state index in [4.69, 9.17) is 17.3 Å². The molecule has 1 amide bonds. The Labute approximate surface area is 136 Å². The monoisotopic (exact) mass is 420 g/mol. The van der Waals surface area contributed by atoms with Crippen LogP contribution in [0.3, 0.4) is 0 Å².